The number of hydrogen-bond donors (Lipinski definition) is 0. The van der Waals surface area contributed by atoms with E-state index >= 15 is 0 Å². The zero-order chi connectivity index (χ0) is 14.1. The van der Waals surface area contributed by atoms with Gasteiger partial charge in [-0.1, -0.05) is 58.2 Å². The third-order valence-corrected chi connectivity index (χ3v) is 4.54. The third-order valence-electron chi connectivity index (χ3n) is 4.54. The first-order chi connectivity index (χ1) is 8.89. The van der Waals surface area contributed by atoms with Crippen molar-refractivity contribution >= 4 is 0 Å². The molecule has 1 aromatic carbocycles. The number of hydrogen-bond acceptors (Lipinski definition) is 1. The van der Waals surface area contributed by atoms with Gasteiger partial charge < -0.3 is 0 Å². The molecule has 0 heterocycles. The van der Waals surface area contributed by atoms with Crippen LogP contribution in [0.15, 0.2) is 18.2 Å². The molecule has 2 rings (SSSR count). The molecule has 0 N–H and O–H groups in total. The van der Waals surface area contributed by atoms with Crippen LogP contribution in [-0.4, -0.2) is 0 Å². The molecule has 1 aromatic rings. The van der Waals surface area contributed by atoms with Gasteiger partial charge in [0.05, 0.1) is 11.5 Å². The lowest BCUT2D eigenvalue weighted by Gasteiger charge is -2.33. The van der Waals surface area contributed by atoms with E-state index in [4.69, 9.17) is 0 Å². The van der Waals surface area contributed by atoms with Crippen molar-refractivity contribution in [3.63, 3.8) is 0 Å². The van der Waals surface area contributed by atoms with E-state index in [1.807, 2.05) is 0 Å². The molecule has 0 radical (unpaired) electrons. The first-order valence-corrected chi connectivity index (χ1v) is 7.42. The summed E-state index contributed by atoms with van der Waals surface area (Å²) in [5, 5.41) is 9.76. The Morgan fingerprint density at radius 2 is 1.74 bits per heavy atom. The molecule has 0 unspecified atom stereocenters. The van der Waals surface area contributed by atoms with Gasteiger partial charge in [0.1, 0.15) is 0 Å². The summed E-state index contributed by atoms with van der Waals surface area (Å²) < 4.78 is 0. The van der Waals surface area contributed by atoms with E-state index in [9.17, 15) is 5.26 Å². The summed E-state index contributed by atoms with van der Waals surface area (Å²) in [6, 6.07) is 9.36. The molecule has 102 valence electrons. The van der Waals surface area contributed by atoms with Gasteiger partial charge in [-0.15, -0.1) is 0 Å². The SMILES string of the molecule is Cc1ccc(C(C)(C)C)cc1C1(C#N)CCCCC1. The Morgan fingerprint density at radius 1 is 1.11 bits per heavy atom. The molecule has 1 heteroatoms. The minimum absolute atomic E-state index is 0.147. The Hall–Kier alpha value is -1.29. The molecule has 0 amide bonds. The molecule has 0 atom stereocenters. The lowest BCUT2D eigenvalue weighted by atomic mass is 9.68. The first-order valence-electron chi connectivity index (χ1n) is 7.42. The van der Waals surface area contributed by atoms with E-state index in [1.54, 1.807) is 0 Å². The van der Waals surface area contributed by atoms with E-state index in [2.05, 4.69) is 52.0 Å². The number of nitrogens with zero attached hydrogens (tertiary/aromatic N) is 1. The molecular weight excluding hydrogens is 230 g/mol. The number of aryl methyl sites for hydroxylation is 1. The normalized spacial score (nSPS) is 18.9. The van der Waals surface area contributed by atoms with Crippen LogP contribution in [0.1, 0.15) is 69.6 Å². The quantitative estimate of drug-likeness (QED) is 0.691. The van der Waals surface area contributed by atoms with E-state index in [1.165, 1.54) is 36.0 Å². The predicted molar refractivity (Wildman–Crippen MR) is 80.3 cm³/mol. The smallest absolute Gasteiger partial charge is 0.0825 e. The van der Waals surface area contributed by atoms with Crippen LogP contribution in [0.25, 0.3) is 0 Å². The molecule has 0 spiro atoms. The molecule has 1 fully saturated rings. The fourth-order valence-corrected chi connectivity index (χ4v) is 3.20. The van der Waals surface area contributed by atoms with Crippen LogP contribution in [0.2, 0.25) is 0 Å². The summed E-state index contributed by atoms with van der Waals surface area (Å²) in [4.78, 5) is 0. The molecular formula is C18H25N. The molecule has 19 heavy (non-hydrogen) atoms. The van der Waals surface area contributed by atoms with E-state index in [0.29, 0.717) is 0 Å². The summed E-state index contributed by atoms with van der Waals surface area (Å²) in [7, 11) is 0. The maximum atomic E-state index is 9.76. The van der Waals surface area contributed by atoms with E-state index in [0.717, 1.165) is 12.8 Å². The Balaban J connectivity index is 2.51. The number of rotatable bonds is 1. The molecule has 1 nitrogen and oxygen atoms in total. The molecule has 0 saturated heterocycles. The predicted octanol–water partition coefficient (Wildman–Crippen LogP) is 5.02. The van der Waals surface area contributed by atoms with Crippen molar-refractivity contribution in [2.75, 3.05) is 0 Å². The van der Waals surface area contributed by atoms with Crippen LogP contribution in [-0.2, 0) is 10.8 Å². The Bertz CT molecular complexity index is 493. The second kappa shape index (κ2) is 5.00. The average Bonchev–Trinajstić information content (AvgIpc) is 2.38. The maximum Gasteiger partial charge on any atom is 0.0825 e. The van der Waals surface area contributed by atoms with E-state index in [-0.39, 0.29) is 10.8 Å². The van der Waals surface area contributed by atoms with Crippen molar-refractivity contribution in [1.29, 1.82) is 5.26 Å². The summed E-state index contributed by atoms with van der Waals surface area (Å²) in [5.41, 5.74) is 3.81. The van der Waals surface area contributed by atoms with Gasteiger partial charge in [0, 0.05) is 0 Å². The van der Waals surface area contributed by atoms with Crippen LogP contribution < -0.4 is 0 Å². The van der Waals surface area contributed by atoms with Crippen LogP contribution in [0.5, 0.6) is 0 Å². The van der Waals surface area contributed by atoms with Gasteiger partial charge in [-0.3, -0.25) is 0 Å². The fraction of sp³-hybridized carbons (Fsp3) is 0.611. The third kappa shape index (κ3) is 2.68. The maximum absolute atomic E-state index is 9.76. The largest absolute Gasteiger partial charge is 0.197 e. The Labute approximate surface area is 117 Å². The highest BCUT2D eigenvalue weighted by Crippen LogP contribution is 2.41. The Kier molecular flexibility index (Phi) is 3.72. The van der Waals surface area contributed by atoms with Gasteiger partial charge in [-0.25, -0.2) is 0 Å². The topological polar surface area (TPSA) is 23.8 Å². The average molecular weight is 255 g/mol. The molecule has 0 bridgehead atoms. The molecule has 1 aliphatic carbocycles. The van der Waals surface area contributed by atoms with E-state index < -0.39 is 0 Å². The number of nitriles is 1. The van der Waals surface area contributed by atoms with Crippen molar-refractivity contribution < 1.29 is 0 Å². The van der Waals surface area contributed by atoms with Gasteiger partial charge in [0.2, 0.25) is 0 Å². The van der Waals surface area contributed by atoms with Crippen LogP contribution in [0.3, 0.4) is 0 Å². The monoisotopic (exact) mass is 255 g/mol. The highest BCUT2D eigenvalue weighted by atomic mass is 14.4. The van der Waals surface area contributed by atoms with Gasteiger partial charge in [0.25, 0.3) is 0 Å². The van der Waals surface area contributed by atoms with Crippen LogP contribution in [0, 0.1) is 18.3 Å². The fourth-order valence-electron chi connectivity index (χ4n) is 3.20. The van der Waals surface area contributed by atoms with Crippen LogP contribution >= 0.6 is 0 Å². The molecule has 0 aliphatic heterocycles. The molecule has 1 saturated carbocycles. The molecule has 1 aliphatic rings. The zero-order valence-corrected chi connectivity index (χ0v) is 12.7. The summed E-state index contributed by atoms with van der Waals surface area (Å²) in [6.45, 7) is 8.86. The minimum Gasteiger partial charge on any atom is -0.197 e. The van der Waals surface area contributed by atoms with Gasteiger partial charge in [0.15, 0.2) is 0 Å². The highest BCUT2D eigenvalue weighted by molar-refractivity contribution is 5.43. The van der Waals surface area contributed by atoms with Crippen molar-refractivity contribution in [1.82, 2.24) is 0 Å². The summed E-state index contributed by atoms with van der Waals surface area (Å²) in [5.74, 6) is 0. The minimum atomic E-state index is -0.233. The van der Waals surface area contributed by atoms with Crippen molar-refractivity contribution in [3.05, 3.63) is 34.9 Å². The lowest BCUT2D eigenvalue weighted by molar-refractivity contribution is 0.364. The van der Waals surface area contributed by atoms with Crippen molar-refractivity contribution in [2.45, 2.75) is 70.6 Å². The van der Waals surface area contributed by atoms with Gasteiger partial charge in [-0.05, 0) is 41.9 Å². The van der Waals surface area contributed by atoms with Crippen molar-refractivity contribution in [2.24, 2.45) is 0 Å². The first kappa shape index (κ1) is 14.1. The number of benzene rings is 1. The summed E-state index contributed by atoms with van der Waals surface area (Å²) >= 11 is 0. The molecule has 0 aromatic heterocycles. The highest BCUT2D eigenvalue weighted by Gasteiger charge is 2.35. The van der Waals surface area contributed by atoms with Crippen molar-refractivity contribution in [3.8, 4) is 6.07 Å². The zero-order valence-electron chi connectivity index (χ0n) is 12.7. The lowest BCUT2D eigenvalue weighted by Crippen LogP contribution is -2.28. The second-order valence-corrected chi connectivity index (χ2v) is 7.03. The summed E-state index contributed by atoms with van der Waals surface area (Å²) in [6.07, 6.45) is 5.71. The van der Waals surface area contributed by atoms with Crippen LogP contribution in [0.4, 0.5) is 0 Å². The Morgan fingerprint density at radius 3 is 2.26 bits per heavy atom. The van der Waals surface area contributed by atoms with Gasteiger partial charge in [-0.2, -0.15) is 5.26 Å². The second-order valence-electron chi connectivity index (χ2n) is 7.03. The van der Waals surface area contributed by atoms with Gasteiger partial charge >= 0.3 is 0 Å². The standard InChI is InChI=1S/C18H25N/c1-14-8-9-15(17(2,3)4)12-16(14)18(13-19)10-6-5-7-11-18/h8-9,12H,5-7,10-11H2,1-4H3.